The Morgan fingerprint density at radius 1 is 1.40 bits per heavy atom. The third-order valence-electron chi connectivity index (χ3n) is 2.31. The summed E-state index contributed by atoms with van der Waals surface area (Å²) in [5.74, 6) is -0.364. The highest BCUT2D eigenvalue weighted by atomic mass is 35.5. The van der Waals surface area contributed by atoms with Crippen LogP contribution in [0.2, 0.25) is 5.02 Å². The average Bonchev–Trinajstić information content (AvgIpc) is 2.08. The lowest BCUT2D eigenvalue weighted by Crippen LogP contribution is -2.46. The van der Waals surface area contributed by atoms with Crippen molar-refractivity contribution in [1.29, 1.82) is 0 Å². The van der Waals surface area contributed by atoms with Gasteiger partial charge in [0.1, 0.15) is 10.8 Å². The zero-order chi connectivity index (χ0) is 11.2. The van der Waals surface area contributed by atoms with Gasteiger partial charge in [-0.1, -0.05) is 23.8 Å². The fourth-order valence-electron chi connectivity index (χ4n) is 1.46. The predicted octanol–water partition coefficient (Wildman–Crippen LogP) is 3.42. The van der Waals surface area contributed by atoms with Crippen LogP contribution in [0, 0.1) is 5.82 Å². The molecular formula is C10H10ClFN2S. The minimum atomic E-state index is -0.389. The van der Waals surface area contributed by atoms with E-state index in [-0.39, 0.29) is 11.4 Å². The first-order valence-electron chi connectivity index (χ1n) is 4.49. The lowest BCUT2D eigenvalue weighted by molar-refractivity contribution is 0.627. The van der Waals surface area contributed by atoms with Gasteiger partial charge in [0, 0.05) is 0 Å². The number of hydrogen-bond acceptors (Lipinski definition) is 2. The minimum Gasteiger partial charge on any atom is -0.372 e. The third kappa shape index (κ3) is 1.79. The van der Waals surface area contributed by atoms with Gasteiger partial charge < -0.3 is 10.6 Å². The number of anilines is 2. The Kier molecular flexibility index (Phi) is 2.35. The number of nitrogens with one attached hydrogen (secondary N) is 2. The van der Waals surface area contributed by atoms with Crippen molar-refractivity contribution in [3.63, 3.8) is 0 Å². The summed E-state index contributed by atoms with van der Waals surface area (Å²) in [6.45, 7) is 3.84. The van der Waals surface area contributed by atoms with Crippen LogP contribution >= 0.6 is 23.8 Å². The van der Waals surface area contributed by atoms with Crippen LogP contribution in [0.5, 0.6) is 0 Å². The molecule has 15 heavy (non-hydrogen) atoms. The molecular weight excluding hydrogens is 235 g/mol. The van der Waals surface area contributed by atoms with E-state index >= 15 is 0 Å². The fourth-order valence-corrected chi connectivity index (χ4v) is 1.87. The van der Waals surface area contributed by atoms with Gasteiger partial charge in [-0.3, -0.25) is 0 Å². The molecule has 0 atom stereocenters. The van der Waals surface area contributed by atoms with E-state index < -0.39 is 0 Å². The molecule has 0 spiro atoms. The SMILES string of the molecule is CC1(C)Nc2cc(F)cc(Cl)c2NC1=S. The van der Waals surface area contributed by atoms with Crippen molar-refractivity contribution in [2.45, 2.75) is 19.4 Å². The largest absolute Gasteiger partial charge is 0.372 e. The van der Waals surface area contributed by atoms with Gasteiger partial charge in [0.15, 0.2) is 0 Å². The molecule has 0 aliphatic carbocycles. The van der Waals surface area contributed by atoms with Crippen LogP contribution in [0.3, 0.4) is 0 Å². The van der Waals surface area contributed by atoms with E-state index in [9.17, 15) is 4.39 Å². The van der Waals surface area contributed by atoms with Gasteiger partial charge in [-0.2, -0.15) is 0 Å². The van der Waals surface area contributed by atoms with Gasteiger partial charge in [0.05, 0.1) is 21.9 Å². The maximum Gasteiger partial charge on any atom is 0.126 e. The maximum absolute atomic E-state index is 13.1. The smallest absolute Gasteiger partial charge is 0.126 e. The first-order valence-corrected chi connectivity index (χ1v) is 5.27. The molecule has 0 radical (unpaired) electrons. The Bertz CT molecular complexity index is 445. The van der Waals surface area contributed by atoms with Crippen LogP contribution in [0.4, 0.5) is 15.8 Å². The van der Waals surface area contributed by atoms with Crippen LogP contribution in [-0.4, -0.2) is 10.5 Å². The van der Waals surface area contributed by atoms with Crippen LogP contribution in [0.15, 0.2) is 12.1 Å². The Hall–Kier alpha value is -0.870. The second kappa shape index (κ2) is 3.32. The van der Waals surface area contributed by atoms with Gasteiger partial charge in [0.25, 0.3) is 0 Å². The summed E-state index contributed by atoms with van der Waals surface area (Å²) in [7, 11) is 0. The number of thiocarbonyl (C=S) groups is 1. The topological polar surface area (TPSA) is 24.1 Å². The van der Waals surface area contributed by atoms with E-state index in [1.54, 1.807) is 0 Å². The van der Waals surface area contributed by atoms with Crippen molar-refractivity contribution in [2.75, 3.05) is 10.6 Å². The molecule has 2 nitrogen and oxygen atoms in total. The van der Waals surface area contributed by atoms with Crippen molar-refractivity contribution in [2.24, 2.45) is 0 Å². The molecule has 0 aromatic heterocycles. The van der Waals surface area contributed by atoms with E-state index in [2.05, 4.69) is 10.6 Å². The van der Waals surface area contributed by atoms with E-state index in [1.807, 2.05) is 13.8 Å². The molecule has 0 amide bonds. The second-order valence-corrected chi connectivity index (χ2v) is 4.83. The number of rotatable bonds is 0. The molecule has 0 saturated carbocycles. The van der Waals surface area contributed by atoms with Crippen molar-refractivity contribution in [3.05, 3.63) is 23.0 Å². The van der Waals surface area contributed by atoms with E-state index in [4.69, 9.17) is 23.8 Å². The van der Waals surface area contributed by atoms with Crippen molar-refractivity contribution in [3.8, 4) is 0 Å². The zero-order valence-corrected chi connectivity index (χ0v) is 9.89. The molecule has 80 valence electrons. The summed E-state index contributed by atoms with van der Waals surface area (Å²) in [4.78, 5) is 0.642. The molecule has 1 aromatic rings. The summed E-state index contributed by atoms with van der Waals surface area (Å²) >= 11 is 11.1. The Morgan fingerprint density at radius 3 is 2.73 bits per heavy atom. The van der Waals surface area contributed by atoms with Crippen LogP contribution in [0.25, 0.3) is 0 Å². The average molecular weight is 245 g/mol. The summed E-state index contributed by atoms with van der Waals surface area (Å²) in [5, 5.41) is 6.48. The molecule has 5 heteroatoms. The molecule has 1 aromatic carbocycles. The number of fused-ring (bicyclic) bond motifs is 1. The second-order valence-electron chi connectivity index (χ2n) is 4.01. The highest BCUT2D eigenvalue weighted by Crippen LogP contribution is 2.37. The highest BCUT2D eigenvalue weighted by molar-refractivity contribution is 7.80. The Morgan fingerprint density at radius 2 is 2.07 bits per heavy atom. The van der Waals surface area contributed by atoms with Crippen molar-refractivity contribution in [1.82, 2.24) is 0 Å². The van der Waals surface area contributed by atoms with Crippen LogP contribution < -0.4 is 10.6 Å². The number of halogens is 2. The maximum atomic E-state index is 13.1. The van der Waals surface area contributed by atoms with Crippen LogP contribution in [0.1, 0.15) is 13.8 Å². The number of benzene rings is 1. The minimum absolute atomic E-state index is 0.329. The molecule has 0 unspecified atom stereocenters. The van der Waals surface area contributed by atoms with E-state index in [0.717, 1.165) is 0 Å². The lowest BCUT2D eigenvalue weighted by atomic mass is 10.0. The summed E-state index contributed by atoms with van der Waals surface area (Å²) in [6, 6.07) is 2.66. The van der Waals surface area contributed by atoms with E-state index in [1.165, 1.54) is 12.1 Å². The van der Waals surface area contributed by atoms with Crippen LogP contribution in [-0.2, 0) is 0 Å². The van der Waals surface area contributed by atoms with Gasteiger partial charge in [-0.25, -0.2) is 4.39 Å². The van der Waals surface area contributed by atoms with Crippen molar-refractivity contribution < 1.29 is 4.39 Å². The first-order chi connectivity index (χ1) is 6.90. The molecule has 1 heterocycles. The summed E-state index contributed by atoms with van der Waals surface area (Å²) in [6.07, 6.45) is 0. The monoisotopic (exact) mass is 244 g/mol. The highest BCUT2D eigenvalue weighted by Gasteiger charge is 2.30. The molecule has 0 saturated heterocycles. The molecule has 2 rings (SSSR count). The van der Waals surface area contributed by atoms with E-state index in [0.29, 0.717) is 21.4 Å². The normalized spacial score (nSPS) is 17.7. The fraction of sp³-hybridized carbons (Fsp3) is 0.300. The third-order valence-corrected chi connectivity index (χ3v) is 3.22. The van der Waals surface area contributed by atoms with Gasteiger partial charge >= 0.3 is 0 Å². The standard InChI is InChI=1S/C10H10ClFN2S/c1-10(2)9(15)13-8-6(11)3-5(12)4-7(8)14-10/h3-4,14H,1-2H3,(H,13,15). The summed E-state index contributed by atoms with van der Waals surface area (Å²) in [5.41, 5.74) is 0.889. The van der Waals surface area contributed by atoms with Crippen molar-refractivity contribution >= 4 is 40.2 Å². The van der Waals surface area contributed by atoms with Gasteiger partial charge in [0.2, 0.25) is 0 Å². The lowest BCUT2D eigenvalue weighted by Gasteiger charge is -2.35. The molecule has 0 bridgehead atoms. The van der Waals surface area contributed by atoms with Gasteiger partial charge in [-0.15, -0.1) is 0 Å². The predicted molar refractivity (Wildman–Crippen MR) is 65.3 cm³/mol. The molecule has 0 fully saturated rings. The number of hydrogen-bond donors (Lipinski definition) is 2. The quantitative estimate of drug-likeness (QED) is 0.684. The zero-order valence-electron chi connectivity index (χ0n) is 8.32. The Balaban J connectivity index is 2.55. The first kappa shape index (κ1) is 10.6. The summed E-state index contributed by atoms with van der Waals surface area (Å²) < 4.78 is 13.1. The Labute approximate surface area is 97.8 Å². The van der Waals surface area contributed by atoms with Gasteiger partial charge in [-0.05, 0) is 26.0 Å². The molecule has 1 aliphatic heterocycles. The molecule has 1 aliphatic rings. The molecule has 2 N–H and O–H groups in total.